The summed E-state index contributed by atoms with van der Waals surface area (Å²) in [6.45, 7) is 4.47. The van der Waals surface area contributed by atoms with Gasteiger partial charge in [-0.3, -0.25) is 0 Å². The first kappa shape index (κ1) is 22.8. The topological polar surface area (TPSA) is 0 Å². The zero-order valence-electron chi connectivity index (χ0n) is 11.8. The Morgan fingerprint density at radius 2 is 1.90 bits per heavy atom. The van der Waals surface area contributed by atoms with Gasteiger partial charge in [-0.2, -0.15) is 0 Å². The molecule has 0 unspecified atom stereocenters. The van der Waals surface area contributed by atoms with Gasteiger partial charge in [0.05, 0.1) is 0 Å². The number of benzene rings is 1. The van der Waals surface area contributed by atoms with E-state index in [-0.39, 0.29) is 46.7 Å². The maximum atomic E-state index is 2.42. The van der Waals surface area contributed by atoms with Gasteiger partial charge in [0.15, 0.2) is 0 Å². The third kappa shape index (κ3) is 6.09. The zero-order chi connectivity index (χ0) is 12.3. The fourth-order valence-corrected chi connectivity index (χ4v) is 5.42. The molecule has 0 fully saturated rings. The van der Waals surface area contributed by atoms with Crippen LogP contribution < -0.4 is 42.4 Å². The van der Waals surface area contributed by atoms with Gasteiger partial charge in [0.2, 0.25) is 0 Å². The van der Waals surface area contributed by atoms with E-state index in [1.807, 2.05) is 0 Å². The summed E-state index contributed by atoms with van der Waals surface area (Å²) in [6.07, 6.45) is 6.19. The summed E-state index contributed by atoms with van der Waals surface area (Å²) in [4.78, 5) is 0. The summed E-state index contributed by atoms with van der Waals surface area (Å²) < 4.78 is 1.54. The minimum Gasteiger partial charge on any atom is -1.00 e. The van der Waals surface area contributed by atoms with E-state index in [9.17, 15) is 0 Å². The Hall–Kier alpha value is 0.501. The van der Waals surface area contributed by atoms with Crippen molar-refractivity contribution in [1.82, 2.24) is 0 Å². The molecule has 0 bridgehead atoms. The summed E-state index contributed by atoms with van der Waals surface area (Å²) in [5.41, 5.74) is 3.08. The molecule has 1 aliphatic rings. The summed E-state index contributed by atoms with van der Waals surface area (Å²) >= 11 is 2.28. The van der Waals surface area contributed by atoms with Crippen molar-refractivity contribution in [2.75, 3.05) is 0 Å². The van der Waals surface area contributed by atoms with Gasteiger partial charge in [0.1, 0.15) is 0 Å². The molecule has 1 aromatic rings. The summed E-state index contributed by atoms with van der Waals surface area (Å²) in [5.74, 6) is 0. The van der Waals surface area contributed by atoms with Crippen LogP contribution in [0.3, 0.4) is 0 Å². The van der Waals surface area contributed by atoms with Gasteiger partial charge < -0.3 is 37.2 Å². The molecular formula is C15H19Cl3SiTi. The van der Waals surface area contributed by atoms with Crippen LogP contribution in [0.15, 0.2) is 45.0 Å². The molecule has 108 valence electrons. The molecule has 0 saturated carbocycles. The molecule has 1 aliphatic carbocycles. The quantitative estimate of drug-likeness (QED) is 0.455. The van der Waals surface area contributed by atoms with Crippen LogP contribution in [0.2, 0.25) is 0 Å². The van der Waals surface area contributed by atoms with Crippen molar-refractivity contribution in [1.29, 1.82) is 0 Å². The fraction of sp³-hybridized carbons (Fsp3) is 0.333. The monoisotopic (exact) mass is 380 g/mol. The van der Waals surface area contributed by atoms with Crippen molar-refractivity contribution >= 4 is 14.7 Å². The average molecular weight is 382 g/mol. The maximum Gasteiger partial charge on any atom is -1.00 e. The molecule has 0 saturated heterocycles. The molecule has 0 amide bonds. The molecule has 2 rings (SSSR count). The molecule has 5 heteroatoms. The molecule has 0 heterocycles. The minimum absolute atomic E-state index is 0. The van der Waals surface area contributed by atoms with Crippen LogP contribution >= 0.6 is 0 Å². The van der Waals surface area contributed by atoms with Crippen LogP contribution in [0, 0.1) is 6.92 Å². The molecular weight excluding hydrogens is 362 g/mol. The van der Waals surface area contributed by atoms with Crippen molar-refractivity contribution in [3.63, 3.8) is 0 Å². The van der Waals surface area contributed by atoms with Gasteiger partial charge >= 0.3 is 119 Å². The third-order valence-corrected chi connectivity index (χ3v) is 6.08. The van der Waals surface area contributed by atoms with Crippen LogP contribution in [-0.4, -0.2) is 9.52 Å². The third-order valence-electron chi connectivity index (χ3n) is 3.30. The van der Waals surface area contributed by atoms with E-state index in [4.69, 9.17) is 0 Å². The smallest absolute Gasteiger partial charge is 1.00 e. The van der Waals surface area contributed by atoms with E-state index in [0.717, 1.165) is 0 Å². The molecule has 0 aliphatic heterocycles. The Morgan fingerprint density at radius 1 is 1.20 bits per heavy atom. The molecule has 1 aromatic carbocycles. The first-order chi connectivity index (χ1) is 8.20. The largest absolute Gasteiger partial charge is 1.00 e. The number of aryl methyl sites for hydroxylation is 1. The van der Waals surface area contributed by atoms with Crippen molar-refractivity contribution in [2.24, 2.45) is 0 Å². The summed E-state index contributed by atoms with van der Waals surface area (Å²) in [7, 11) is -0.228. The van der Waals surface area contributed by atoms with Crippen LogP contribution in [-0.2, 0) is 20.4 Å². The van der Waals surface area contributed by atoms with E-state index in [1.165, 1.54) is 24.8 Å². The van der Waals surface area contributed by atoms with Gasteiger partial charge in [-0.1, -0.05) is 0 Å². The Bertz CT molecular complexity index is 484. The number of allylic oxidation sites excluding steroid dienone is 4. The number of halogens is 3. The van der Waals surface area contributed by atoms with Crippen molar-refractivity contribution in [3.05, 3.63) is 50.6 Å². The maximum absolute atomic E-state index is 2.42. The van der Waals surface area contributed by atoms with E-state index in [1.54, 1.807) is 19.8 Å². The summed E-state index contributed by atoms with van der Waals surface area (Å²) in [6, 6.07) is 9.07. The number of hydrogen-bond acceptors (Lipinski definition) is 0. The van der Waals surface area contributed by atoms with Crippen LogP contribution in [0.5, 0.6) is 0 Å². The first-order valence-electron chi connectivity index (χ1n) is 6.39. The van der Waals surface area contributed by atoms with Crippen molar-refractivity contribution in [3.8, 4) is 0 Å². The fourth-order valence-electron chi connectivity index (χ4n) is 2.47. The van der Waals surface area contributed by atoms with E-state index in [0.29, 0.717) is 0 Å². The molecule has 0 nitrogen and oxygen atoms in total. The van der Waals surface area contributed by atoms with Gasteiger partial charge in [-0.05, 0) is 0 Å². The Balaban J connectivity index is 0. The number of hydrogen-bond donors (Lipinski definition) is 0. The second-order valence-corrected chi connectivity index (χ2v) is 7.68. The van der Waals surface area contributed by atoms with Gasteiger partial charge in [0, 0.05) is 0 Å². The Labute approximate surface area is 155 Å². The van der Waals surface area contributed by atoms with Crippen molar-refractivity contribution in [2.45, 2.75) is 33.1 Å². The Kier molecular flexibility index (Phi) is 12.7. The number of rotatable bonds is 4. The normalized spacial score (nSPS) is 13.7. The predicted octanol–water partition coefficient (Wildman–Crippen LogP) is -6.31. The second-order valence-electron chi connectivity index (χ2n) is 4.82. The molecule has 0 N–H and O–H groups in total. The van der Waals surface area contributed by atoms with E-state index in [2.05, 4.69) is 64.6 Å². The molecule has 0 spiro atoms. The second kappa shape index (κ2) is 11.1. The molecule has 0 aromatic heterocycles. The Morgan fingerprint density at radius 3 is 2.50 bits per heavy atom. The average Bonchev–Trinajstić information content (AvgIpc) is 2.62. The predicted molar refractivity (Wildman–Crippen MR) is 74.0 cm³/mol. The molecule has 0 atom stereocenters. The SMILES string of the molecule is CCCC1=C([SiH2]c2cccc(C)c2)CC=[C]1[Ti+3].[Cl-].[Cl-].[Cl-]. The van der Waals surface area contributed by atoms with Crippen LogP contribution in [0.25, 0.3) is 0 Å². The van der Waals surface area contributed by atoms with Gasteiger partial charge in [-0.25, -0.2) is 0 Å². The van der Waals surface area contributed by atoms with Crippen LogP contribution in [0.1, 0.15) is 31.7 Å². The van der Waals surface area contributed by atoms with Gasteiger partial charge in [0.25, 0.3) is 0 Å². The standard InChI is InChI=1S/C15H19Si.3ClH.Ti/c1-3-6-13-8-5-10-15(13)16-14-9-4-7-12(2)11-14;;;;/h4-5,7,9,11H,3,6,10,16H2,1-2H3;3*1H;/q;;;;+3/p-3. The van der Waals surface area contributed by atoms with Crippen LogP contribution in [0.4, 0.5) is 0 Å². The first-order valence-corrected chi connectivity index (χ1v) is 8.58. The zero-order valence-corrected chi connectivity index (χ0v) is 17.1. The van der Waals surface area contributed by atoms with Crippen molar-refractivity contribution < 1.29 is 57.7 Å². The summed E-state index contributed by atoms with van der Waals surface area (Å²) in [5, 5.41) is 3.37. The van der Waals surface area contributed by atoms with E-state index < -0.39 is 0 Å². The molecule has 0 radical (unpaired) electrons. The van der Waals surface area contributed by atoms with E-state index >= 15 is 0 Å². The molecule has 20 heavy (non-hydrogen) atoms. The minimum atomic E-state index is -0.228. The van der Waals surface area contributed by atoms with Gasteiger partial charge in [-0.15, -0.1) is 0 Å².